The summed E-state index contributed by atoms with van der Waals surface area (Å²) in [4.78, 5) is 16.0. The number of allylic oxidation sites excluding steroid dienone is 1. The van der Waals surface area contributed by atoms with E-state index in [4.69, 9.17) is 4.74 Å². The Morgan fingerprint density at radius 2 is 2.30 bits per heavy atom. The molecular weight excluding hydrogens is 274 g/mol. The maximum atomic E-state index is 11.4. The van der Waals surface area contributed by atoms with Gasteiger partial charge in [0.1, 0.15) is 5.84 Å². The van der Waals surface area contributed by atoms with Crippen molar-refractivity contribution in [2.45, 2.75) is 39.2 Å². The van der Waals surface area contributed by atoms with Gasteiger partial charge in [-0.15, -0.1) is 11.8 Å². The molecule has 0 aromatic carbocycles. The average molecular weight is 297 g/mol. The Morgan fingerprint density at radius 1 is 1.60 bits per heavy atom. The Balaban J connectivity index is 2.94. The molecule has 20 heavy (non-hydrogen) atoms. The van der Waals surface area contributed by atoms with E-state index in [1.165, 1.54) is 6.08 Å². The number of ether oxygens (including phenoxy) is 1. The molecule has 0 radical (unpaired) electrons. The highest BCUT2D eigenvalue weighted by atomic mass is 32.2. The number of esters is 1. The number of thioether (sulfide) groups is 1. The van der Waals surface area contributed by atoms with Crippen molar-refractivity contribution in [3.8, 4) is 0 Å². The summed E-state index contributed by atoms with van der Waals surface area (Å²) in [5.41, 5.74) is 1.87. The van der Waals surface area contributed by atoms with Crippen LogP contribution in [-0.2, 0) is 9.53 Å². The van der Waals surface area contributed by atoms with Gasteiger partial charge in [-0.2, -0.15) is 0 Å². The first kappa shape index (κ1) is 16.6. The van der Waals surface area contributed by atoms with E-state index in [1.54, 1.807) is 24.8 Å². The first-order valence-corrected chi connectivity index (χ1v) is 7.96. The molecule has 1 atom stereocenters. The third-order valence-corrected chi connectivity index (χ3v) is 3.24. The Kier molecular flexibility index (Phi) is 6.64. The molecule has 0 saturated carbocycles. The van der Waals surface area contributed by atoms with Crippen LogP contribution in [0.4, 0.5) is 0 Å². The SMILES string of the molecule is CCOC(=O)/C=C/C1=C(C)NC(SC)N=C1NC(C)C. The largest absolute Gasteiger partial charge is 0.463 e. The minimum absolute atomic E-state index is 0.00371. The van der Waals surface area contributed by atoms with Gasteiger partial charge in [0, 0.05) is 23.4 Å². The molecule has 1 rings (SSSR count). The van der Waals surface area contributed by atoms with Crippen molar-refractivity contribution < 1.29 is 9.53 Å². The normalized spacial score (nSPS) is 19.1. The predicted molar refractivity (Wildman–Crippen MR) is 84.6 cm³/mol. The van der Waals surface area contributed by atoms with Crippen LogP contribution in [0.5, 0.6) is 0 Å². The highest BCUT2D eigenvalue weighted by Crippen LogP contribution is 2.18. The van der Waals surface area contributed by atoms with Gasteiger partial charge in [0.05, 0.1) is 6.61 Å². The highest BCUT2D eigenvalue weighted by molar-refractivity contribution is 7.99. The summed E-state index contributed by atoms with van der Waals surface area (Å²) in [6, 6.07) is 0.271. The van der Waals surface area contributed by atoms with Crippen LogP contribution < -0.4 is 10.6 Å². The molecule has 0 spiro atoms. The topological polar surface area (TPSA) is 62.7 Å². The zero-order chi connectivity index (χ0) is 15.1. The molecule has 1 aliphatic heterocycles. The van der Waals surface area contributed by atoms with Crippen LogP contribution in [0, 0.1) is 0 Å². The molecule has 0 amide bonds. The number of nitrogens with one attached hydrogen (secondary N) is 2. The number of carbonyl (C=O) groups is 1. The molecule has 0 aromatic heterocycles. The van der Waals surface area contributed by atoms with Gasteiger partial charge in [0.15, 0.2) is 5.50 Å². The van der Waals surface area contributed by atoms with Crippen molar-refractivity contribution in [2.75, 3.05) is 12.9 Å². The minimum atomic E-state index is -0.344. The van der Waals surface area contributed by atoms with E-state index >= 15 is 0 Å². The minimum Gasteiger partial charge on any atom is -0.463 e. The summed E-state index contributed by atoms with van der Waals surface area (Å²) in [5.74, 6) is 0.458. The summed E-state index contributed by atoms with van der Waals surface area (Å²) >= 11 is 1.63. The lowest BCUT2D eigenvalue weighted by atomic mass is 10.1. The molecule has 0 fully saturated rings. The number of hydrogen-bond donors (Lipinski definition) is 2. The molecule has 2 N–H and O–H groups in total. The average Bonchev–Trinajstić information content (AvgIpc) is 2.37. The van der Waals surface area contributed by atoms with Gasteiger partial charge in [0.2, 0.25) is 0 Å². The molecule has 0 aliphatic carbocycles. The molecule has 0 aromatic rings. The fourth-order valence-corrected chi connectivity index (χ4v) is 2.21. The van der Waals surface area contributed by atoms with Crippen LogP contribution in [0.2, 0.25) is 0 Å². The molecule has 6 heteroatoms. The molecule has 1 unspecified atom stereocenters. The Morgan fingerprint density at radius 3 is 2.85 bits per heavy atom. The number of aliphatic imine (C=N–C) groups is 1. The van der Waals surface area contributed by atoms with E-state index in [9.17, 15) is 4.79 Å². The van der Waals surface area contributed by atoms with Crippen molar-refractivity contribution in [1.29, 1.82) is 0 Å². The molecule has 112 valence electrons. The number of hydrogen-bond acceptors (Lipinski definition) is 6. The Bertz CT molecular complexity index is 442. The van der Waals surface area contributed by atoms with Crippen LogP contribution in [0.15, 0.2) is 28.4 Å². The zero-order valence-electron chi connectivity index (χ0n) is 12.7. The van der Waals surface area contributed by atoms with Crippen LogP contribution in [0.25, 0.3) is 0 Å². The van der Waals surface area contributed by atoms with Crippen LogP contribution in [-0.4, -0.2) is 36.2 Å². The fourth-order valence-electron chi connectivity index (χ4n) is 1.71. The van der Waals surface area contributed by atoms with Crippen molar-refractivity contribution >= 4 is 23.6 Å². The van der Waals surface area contributed by atoms with E-state index in [1.807, 2.05) is 13.2 Å². The summed E-state index contributed by atoms with van der Waals surface area (Å²) in [6.07, 6.45) is 5.17. The van der Waals surface area contributed by atoms with Gasteiger partial charge in [-0.3, -0.25) is 0 Å². The lowest BCUT2D eigenvalue weighted by Crippen LogP contribution is -2.39. The predicted octanol–water partition coefficient (Wildman–Crippen LogP) is 2.03. The maximum absolute atomic E-state index is 11.4. The zero-order valence-corrected chi connectivity index (χ0v) is 13.5. The summed E-state index contributed by atoms with van der Waals surface area (Å²) in [6.45, 7) is 8.25. The first-order chi connectivity index (χ1) is 9.47. The molecule has 5 nitrogen and oxygen atoms in total. The van der Waals surface area contributed by atoms with E-state index in [0.29, 0.717) is 6.61 Å². The Hall–Kier alpha value is -1.43. The van der Waals surface area contributed by atoms with E-state index < -0.39 is 0 Å². The van der Waals surface area contributed by atoms with Crippen LogP contribution in [0.3, 0.4) is 0 Å². The van der Waals surface area contributed by atoms with Crippen LogP contribution in [0.1, 0.15) is 27.7 Å². The number of amidine groups is 1. The maximum Gasteiger partial charge on any atom is 0.330 e. The second-order valence-corrected chi connectivity index (χ2v) is 5.55. The number of rotatable bonds is 5. The van der Waals surface area contributed by atoms with Gasteiger partial charge in [-0.25, -0.2) is 9.79 Å². The van der Waals surface area contributed by atoms with Crippen molar-refractivity contribution in [3.63, 3.8) is 0 Å². The van der Waals surface area contributed by atoms with Gasteiger partial charge in [-0.05, 0) is 40.0 Å². The number of nitrogens with zero attached hydrogens (tertiary/aromatic N) is 1. The monoisotopic (exact) mass is 297 g/mol. The van der Waals surface area contributed by atoms with E-state index in [2.05, 4.69) is 29.5 Å². The van der Waals surface area contributed by atoms with E-state index in [0.717, 1.165) is 17.1 Å². The quantitative estimate of drug-likeness (QED) is 0.600. The standard InChI is InChI=1S/C14H23N3O2S/c1-6-19-12(18)8-7-11-10(4)16-14(20-5)17-13(11)15-9(2)3/h7-9,14,16H,6H2,1-5H3,(H,15,17)/b8-7+. The molecule has 1 heterocycles. The van der Waals surface area contributed by atoms with E-state index in [-0.39, 0.29) is 17.5 Å². The highest BCUT2D eigenvalue weighted by Gasteiger charge is 2.19. The molecule has 0 bridgehead atoms. The molecule has 0 saturated heterocycles. The van der Waals surface area contributed by atoms with Crippen molar-refractivity contribution in [3.05, 3.63) is 23.4 Å². The van der Waals surface area contributed by atoms with Gasteiger partial charge in [0.25, 0.3) is 0 Å². The van der Waals surface area contributed by atoms with Gasteiger partial charge < -0.3 is 15.4 Å². The van der Waals surface area contributed by atoms with Crippen molar-refractivity contribution in [1.82, 2.24) is 10.6 Å². The summed E-state index contributed by atoms with van der Waals surface area (Å²) < 4.78 is 4.89. The van der Waals surface area contributed by atoms with Crippen molar-refractivity contribution in [2.24, 2.45) is 4.99 Å². The fraction of sp³-hybridized carbons (Fsp3) is 0.571. The molecule has 1 aliphatic rings. The molecular formula is C14H23N3O2S. The van der Waals surface area contributed by atoms with Gasteiger partial charge >= 0.3 is 5.97 Å². The second kappa shape index (κ2) is 7.99. The van der Waals surface area contributed by atoms with Crippen LogP contribution >= 0.6 is 11.8 Å². The lowest BCUT2D eigenvalue weighted by molar-refractivity contribution is -0.137. The lowest BCUT2D eigenvalue weighted by Gasteiger charge is -2.26. The summed E-state index contributed by atoms with van der Waals surface area (Å²) in [5, 5.41) is 6.60. The third-order valence-electron chi connectivity index (χ3n) is 2.57. The Labute approximate surface area is 124 Å². The number of carbonyl (C=O) groups excluding carboxylic acids is 1. The smallest absolute Gasteiger partial charge is 0.330 e. The second-order valence-electron chi connectivity index (χ2n) is 4.63. The third kappa shape index (κ3) is 4.92. The summed E-state index contributed by atoms with van der Waals surface area (Å²) in [7, 11) is 0. The van der Waals surface area contributed by atoms with Gasteiger partial charge in [-0.1, -0.05) is 0 Å². The first-order valence-electron chi connectivity index (χ1n) is 6.67.